The Balaban J connectivity index is 4.15. The Morgan fingerprint density at radius 2 is 1.92 bits per heavy atom. The van der Waals surface area contributed by atoms with Crippen LogP contribution >= 0.6 is 0 Å². The molecule has 0 aliphatic heterocycles. The zero-order valence-electron chi connectivity index (χ0n) is 7.13. The Kier molecular flexibility index (Phi) is 5.48. The summed E-state index contributed by atoms with van der Waals surface area (Å²) in [5, 5.41) is 35.3. The van der Waals surface area contributed by atoms with Crippen LogP contribution in [0.5, 0.6) is 0 Å². The molecular weight excluding hydrogens is 176 g/mol. The Bertz CT molecular complexity index is 179. The lowest BCUT2D eigenvalue weighted by molar-refractivity contribution is -0.142. The molecule has 0 spiro atoms. The number of Topliss-reactive ketones (excluding diaryl/α,β-unsaturated/α-hetero) is 1. The average molecular weight is 190 g/mol. The summed E-state index contributed by atoms with van der Waals surface area (Å²) in [7, 11) is 0. The molecule has 0 aromatic carbocycles. The van der Waals surface area contributed by atoms with Gasteiger partial charge in [0.2, 0.25) is 0 Å². The van der Waals surface area contributed by atoms with E-state index in [1.807, 2.05) is 0 Å². The molecule has 4 N–H and O–H groups in total. The number of hydrogen-bond acceptors (Lipinski definition) is 5. The van der Waals surface area contributed by atoms with Crippen molar-refractivity contribution in [3.8, 4) is 0 Å². The van der Waals surface area contributed by atoms with E-state index in [1.54, 1.807) is 0 Å². The second kappa shape index (κ2) is 5.82. The normalized spacial score (nSPS) is 17.5. The molecule has 0 aromatic rings. The molecule has 0 fully saturated rings. The van der Waals surface area contributed by atoms with Crippen LogP contribution in [0.15, 0.2) is 12.7 Å². The second-order valence-electron chi connectivity index (χ2n) is 2.64. The minimum Gasteiger partial charge on any atom is -0.394 e. The molecule has 0 saturated heterocycles. The van der Waals surface area contributed by atoms with Gasteiger partial charge in [-0.3, -0.25) is 4.79 Å². The zero-order valence-corrected chi connectivity index (χ0v) is 7.13. The molecule has 5 heteroatoms. The third-order valence-corrected chi connectivity index (χ3v) is 1.56. The molecule has 0 bridgehead atoms. The van der Waals surface area contributed by atoms with E-state index in [0.29, 0.717) is 0 Å². The van der Waals surface area contributed by atoms with Crippen LogP contribution in [0.2, 0.25) is 0 Å². The Morgan fingerprint density at radius 1 is 1.38 bits per heavy atom. The molecule has 0 radical (unpaired) electrons. The van der Waals surface area contributed by atoms with Crippen molar-refractivity contribution >= 4 is 5.78 Å². The first-order valence-corrected chi connectivity index (χ1v) is 3.84. The number of aliphatic hydroxyl groups excluding tert-OH is 4. The minimum atomic E-state index is -1.75. The summed E-state index contributed by atoms with van der Waals surface area (Å²) in [6.07, 6.45) is -3.35. The molecule has 0 rings (SSSR count). The first kappa shape index (κ1) is 12.2. The number of aliphatic hydroxyl groups is 4. The highest BCUT2D eigenvalue weighted by Crippen LogP contribution is 2.02. The third kappa shape index (κ3) is 3.65. The SMILES string of the molecule is C=CCC(O)C(=O)[C@H](O)[C@H](O)CO. The van der Waals surface area contributed by atoms with Gasteiger partial charge in [0, 0.05) is 0 Å². The van der Waals surface area contributed by atoms with Crippen LogP contribution in [-0.2, 0) is 4.79 Å². The van der Waals surface area contributed by atoms with Crippen molar-refractivity contribution in [3.63, 3.8) is 0 Å². The maximum Gasteiger partial charge on any atom is 0.192 e. The highest BCUT2D eigenvalue weighted by Gasteiger charge is 2.28. The number of carbonyl (C=O) groups is 1. The van der Waals surface area contributed by atoms with Crippen molar-refractivity contribution in [3.05, 3.63) is 12.7 Å². The predicted octanol–water partition coefficient (Wildman–Crippen LogP) is -1.79. The fourth-order valence-corrected chi connectivity index (χ4v) is 0.761. The third-order valence-electron chi connectivity index (χ3n) is 1.56. The number of hydrogen-bond donors (Lipinski definition) is 4. The topological polar surface area (TPSA) is 98.0 Å². The molecule has 5 nitrogen and oxygen atoms in total. The summed E-state index contributed by atoms with van der Waals surface area (Å²) < 4.78 is 0. The molecule has 13 heavy (non-hydrogen) atoms. The van der Waals surface area contributed by atoms with E-state index in [9.17, 15) is 4.79 Å². The lowest BCUT2D eigenvalue weighted by atomic mass is 10.0. The van der Waals surface area contributed by atoms with Crippen LogP contribution in [0.3, 0.4) is 0 Å². The first-order chi connectivity index (χ1) is 6.04. The lowest BCUT2D eigenvalue weighted by Crippen LogP contribution is -2.41. The Hall–Kier alpha value is -0.750. The van der Waals surface area contributed by atoms with Gasteiger partial charge in [0.25, 0.3) is 0 Å². The highest BCUT2D eigenvalue weighted by molar-refractivity contribution is 5.87. The molecule has 0 saturated carbocycles. The van der Waals surface area contributed by atoms with Crippen LogP contribution in [0, 0.1) is 0 Å². The maximum absolute atomic E-state index is 11.0. The van der Waals surface area contributed by atoms with Crippen LogP contribution in [0.25, 0.3) is 0 Å². The van der Waals surface area contributed by atoms with Crippen LogP contribution in [0.4, 0.5) is 0 Å². The second-order valence-corrected chi connectivity index (χ2v) is 2.64. The summed E-state index contributed by atoms with van der Waals surface area (Å²) in [6, 6.07) is 0. The largest absolute Gasteiger partial charge is 0.394 e. The monoisotopic (exact) mass is 190 g/mol. The van der Waals surface area contributed by atoms with Crippen molar-refractivity contribution in [2.75, 3.05) is 6.61 Å². The Labute approximate surface area is 75.9 Å². The van der Waals surface area contributed by atoms with Gasteiger partial charge in [0.1, 0.15) is 18.3 Å². The summed E-state index contributed by atoms with van der Waals surface area (Å²) in [4.78, 5) is 11.0. The molecule has 0 aliphatic carbocycles. The van der Waals surface area contributed by atoms with E-state index in [1.165, 1.54) is 6.08 Å². The van der Waals surface area contributed by atoms with Gasteiger partial charge in [-0.2, -0.15) is 0 Å². The average Bonchev–Trinajstić information content (AvgIpc) is 2.14. The molecule has 0 aromatic heterocycles. The van der Waals surface area contributed by atoms with Crippen molar-refractivity contribution in [2.24, 2.45) is 0 Å². The summed E-state index contributed by atoms with van der Waals surface area (Å²) in [5.74, 6) is -0.915. The van der Waals surface area contributed by atoms with E-state index in [-0.39, 0.29) is 6.42 Å². The molecule has 0 heterocycles. The lowest BCUT2D eigenvalue weighted by Gasteiger charge is -2.16. The number of ketones is 1. The number of rotatable bonds is 6. The van der Waals surface area contributed by atoms with Gasteiger partial charge < -0.3 is 20.4 Å². The zero-order chi connectivity index (χ0) is 10.4. The van der Waals surface area contributed by atoms with Gasteiger partial charge in [0.15, 0.2) is 5.78 Å². The standard InChI is InChI=1S/C8H14O5/c1-2-3-5(10)7(12)8(13)6(11)4-9/h2,5-6,8-11,13H,1,3-4H2/t5?,6-,8-/m1/s1. The Morgan fingerprint density at radius 3 is 2.31 bits per heavy atom. The quantitative estimate of drug-likeness (QED) is 0.371. The van der Waals surface area contributed by atoms with Crippen molar-refractivity contribution < 1.29 is 25.2 Å². The van der Waals surface area contributed by atoms with Crippen molar-refractivity contribution in [2.45, 2.75) is 24.7 Å². The summed E-state index contributed by atoms with van der Waals surface area (Å²) in [6.45, 7) is 2.57. The predicted molar refractivity (Wildman–Crippen MR) is 44.9 cm³/mol. The fraction of sp³-hybridized carbons (Fsp3) is 0.625. The highest BCUT2D eigenvalue weighted by atomic mass is 16.4. The molecule has 0 amide bonds. The van der Waals surface area contributed by atoms with E-state index >= 15 is 0 Å². The van der Waals surface area contributed by atoms with Gasteiger partial charge in [0.05, 0.1) is 6.61 Å². The van der Waals surface area contributed by atoms with Gasteiger partial charge >= 0.3 is 0 Å². The molecule has 76 valence electrons. The first-order valence-electron chi connectivity index (χ1n) is 3.84. The van der Waals surface area contributed by atoms with Gasteiger partial charge in [-0.1, -0.05) is 6.08 Å². The minimum absolute atomic E-state index is 0.00798. The molecule has 3 atom stereocenters. The smallest absolute Gasteiger partial charge is 0.192 e. The summed E-state index contributed by atoms with van der Waals surface area (Å²) >= 11 is 0. The van der Waals surface area contributed by atoms with Gasteiger partial charge in [-0.15, -0.1) is 6.58 Å². The molecular formula is C8H14O5. The van der Waals surface area contributed by atoms with Gasteiger partial charge in [-0.05, 0) is 6.42 Å². The van der Waals surface area contributed by atoms with Crippen LogP contribution < -0.4 is 0 Å². The van der Waals surface area contributed by atoms with E-state index in [4.69, 9.17) is 20.4 Å². The van der Waals surface area contributed by atoms with E-state index in [0.717, 1.165) is 0 Å². The van der Waals surface area contributed by atoms with Crippen LogP contribution in [0.1, 0.15) is 6.42 Å². The molecule has 0 aliphatic rings. The van der Waals surface area contributed by atoms with Crippen molar-refractivity contribution in [1.82, 2.24) is 0 Å². The number of carbonyl (C=O) groups excluding carboxylic acids is 1. The van der Waals surface area contributed by atoms with Crippen molar-refractivity contribution in [1.29, 1.82) is 0 Å². The molecule has 1 unspecified atom stereocenters. The van der Waals surface area contributed by atoms with Crippen LogP contribution in [-0.4, -0.2) is 51.1 Å². The maximum atomic E-state index is 11.0. The van der Waals surface area contributed by atoms with Gasteiger partial charge in [-0.25, -0.2) is 0 Å². The summed E-state index contributed by atoms with van der Waals surface area (Å²) in [5.41, 5.74) is 0. The fourth-order valence-electron chi connectivity index (χ4n) is 0.761. The van der Waals surface area contributed by atoms with E-state index in [2.05, 4.69) is 6.58 Å². The van der Waals surface area contributed by atoms with E-state index < -0.39 is 30.7 Å².